The van der Waals surface area contributed by atoms with Gasteiger partial charge in [0.25, 0.3) is 5.91 Å². The van der Waals surface area contributed by atoms with Gasteiger partial charge in [-0.25, -0.2) is 14.4 Å². The summed E-state index contributed by atoms with van der Waals surface area (Å²) in [5.41, 5.74) is 7.45. The van der Waals surface area contributed by atoms with E-state index < -0.39 is 0 Å². The molecule has 1 amide bonds. The van der Waals surface area contributed by atoms with Crippen LogP contribution in [0, 0.1) is 12.7 Å². The van der Waals surface area contributed by atoms with Gasteiger partial charge in [0.2, 0.25) is 0 Å². The number of amides is 1. The number of aromatic nitrogens is 3. The Morgan fingerprint density at radius 1 is 1.31 bits per heavy atom. The quantitative estimate of drug-likeness (QED) is 0.731. The van der Waals surface area contributed by atoms with Crippen LogP contribution in [0.15, 0.2) is 36.5 Å². The van der Waals surface area contributed by atoms with E-state index in [9.17, 15) is 9.18 Å². The number of hydrogen-bond donors (Lipinski definition) is 1. The predicted octanol–water partition coefficient (Wildman–Crippen LogP) is 2.40. The van der Waals surface area contributed by atoms with Gasteiger partial charge in [-0.15, -0.1) is 0 Å². The van der Waals surface area contributed by atoms with Crippen LogP contribution in [0.2, 0.25) is 0 Å². The van der Waals surface area contributed by atoms with Crippen molar-refractivity contribution in [2.45, 2.75) is 25.9 Å². The molecule has 3 heterocycles. The second-order valence-electron chi connectivity index (χ2n) is 7.46. The molecule has 150 valence electrons. The van der Waals surface area contributed by atoms with Crippen molar-refractivity contribution >= 4 is 22.6 Å². The molecule has 4 rings (SSSR count). The van der Waals surface area contributed by atoms with Crippen molar-refractivity contribution in [3.63, 3.8) is 0 Å². The van der Waals surface area contributed by atoms with Crippen LogP contribution in [0.3, 0.4) is 0 Å². The van der Waals surface area contributed by atoms with E-state index in [0.717, 1.165) is 11.8 Å². The number of likely N-dealkylation sites (tertiary alicyclic amines) is 1. The molecule has 2 N–H and O–H groups in total. The molecule has 1 atom stereocenters. The van der Waals surface area contributed by atoms with Crippen molar-refractivity contribution in [3.05, 3.63) is 59.4 Å². The highest BCUT2D eigenvalue weighted by Gasteiger charge is 2.30. The summed E-state index contributed by atoms with van der Waals surface area (Å²) < 4.78 is 13.4. The Kier molecular flexibility index (Phi) is 5.10. The fraction of sp³-hybridized carbons (Fsp3) is 0.333. The average molecular weight is 394 g/mol. The van der Waals surface area contributed by atoms with Crippen molar-refractivity contribution in [2.24, 2.45) is 0 Å². The minimum absolute atomic E-state index is 0.0441. The number of rotatable bonds is 4. The minimum Gasteiger partial charge on any atom is -0.384 e. The molecule has 29 heavy (non-hydrogen) atoms. The lowest BCUT2D eigenvalue weighted by Gasteiger charge is -2.24. The summed E-state index contributed by atoms with van der Waals surface area (Å²) in [6, 6.07) is 8.10. The molecule has 0 saturated carbocycles. The summed E-state index contributed by atoms with van der Waals surface area (Å²) in [6.45, 7) is 3.65. The third kappa shape index (κ3) is 4.02. The number of aryl methyl sites for hydroxylation is 1. The fourth-order valence-corrected chi connectivity index (χ4v) is 3.75. The van der Waals surface area contributed by atoms with Crippen LogP contribution in [-0.2, 0) is 6.54 Å². The number of nitrogens with two attached hydrogens (primary N) is 1. The first-order valence-electron chi connectivity index (χ1n) is 9.54. The lowest BCUT2D eigenvalue weighted by Crippen LogP contribution is -2.36. The first-order chi connectivity index (χ1) is 13.9. The summed E-state index contributed by atoms with van der Waals surface area (Å²) in [5, 5.41) is 0.757. The van der Waals surface area contributed by atoms with Crippen molar-refractivity contribution in [2.75, 3.05) is 25.9 Å². The third-order valence-corrected chi connectivity index (χ3v) is 5.39. The summed E-state index contributed by atoms with van der Waals surface area (Å²) in [6.07, 6.45) is 2.52. The van der Waals surface area contributed by atoms with Crippen LogP contribution in [-0.4, -0.2) is 56.8 Å². The summed E-state index contributed by atoms with van der Waals surface area (Å²) in [5.74, 6) is 0.736. The van der Waals surface area contributed by atoms with E-state index in [1.807, 2.05) is 11.9 Å². The van der Waals surface area contributed by atoms with Gasteiger partial charge in [0.15, 0.2) is 0 Å². The average Bonchev–Trinajstić information content (AvgIpc) is 3.17. The van der Waals surface area contributed by atoms with Crippen LogP contribution in [0.1, 0.15) is 28.3 Å². The van der Waals surface area contributed by atoms with Crippen molar-refractivity contribution in [1.82, 2.24) is 24.8 Å². The molecule has 1 aliphatic heterocycles. The number of pyridine rings is 1. The van der Waals surface area contributed by atoms with Gasteiger partial charge in [0.05, 0.1) is 23.3 Å². The number of anilines is 1. The summed E-state index contributed by atoms with van der Waals surface area (Å²) in [7, 11) is 2.00. The minimum atomic E-state index is -0.335. The van der Waals surface area contributed by atoms with Crippen LogP contribution < -0.4 is 5.73 Å². The largest absolute Gasteiger partial charge is 0.384 e. The van der Waals surface area contributed by atoms with Gasteiger partial charge >= 0.3 is 0 Å². The molecule has 0 unspecified atom stereocenters. The zero-order valence-electron chi connectivity index (χ0n) is 16.5. The Balaban J connectivity index is 1.47. The van der Waals surface area contributed by atoms with Crippen LogP contribution in [0.5, 0.6) is 0 Å². The van der Waals surface area contributed by atoms with E-state index in [1.54, 1.807) is 31.3 Å². The molecular formula is C21H23FN6O. The lowest BCUT2D eigenvalue weighted by molar-refractivity contribution is 0.0778. The number of nitrogens with zero attached hydrogens (tertiary/aromatic N) is 5. The highest BCUT2D eigenvalue weighted by Crippen LogP contribution is 2.22. The van der Waals surface area contributed by atoms with Crippen molar-refractivity contribution in [3.8, 4) is 0 Å². The van der Waals surface area contributed by atoms with E-state index in [2.05, 4.69) is 19.9 Å². The number of fused-ring (bicyclic) bond motifs is 1. The number of carbonyl (C=O) groups excluding carboxylic acids is 1. The second kappa shape index (κ2) is 7.71. The highest BCUT2D eigenvalue weighted by atomic mass is 19.1. The predicted molar refractivity (Wildman–Crippen MR) is 109 cm³/mol. The molecule has 0 radical (unpaired) electrons. The maximum Gasteiger partial charge on any atom is 0.255 e. The molecule has 0 bridgehead atoms. The van der Waals surface area contributed by atoms with Gasteiger partial charge in [0, 0.05) is 36.8 Å². The standard InChI is InChI=1S/C21H23FN6O/c1-13-17(9-14-3-4-15(22)10-18(14)25-13)21(29)28-8-6-16(11-28)27(2)12-20-24-7-5-19(23)26-20/h3-5,7,9-10,16H,6,8,11-12H2,1-2H3,(H2,23,24,26)/t16-/m0/s1. The molecule has 1 aromatic carbocycles. The monoisotopic (exact) mass is 394 g/mol. The fourth-order valence-electron chi connectivity index (χ4n) is 3.75. The normalized spacial score (nSPS) is 16.7. The molecule has 0 spiro atoms. The van der Waals surface area contributed by atoms with Gasteiger partial charge in [-0.05, 0) is 44.7 Å². The lowest BCUT2D eigenvalue weighted by atomic mass is 10.1. The number of halogens is 1. The topological polar surface area (TPSA) is 88.2 Å². The number of likely N-dealkylation sites (N-methyl/N-ethyl adjacent to an activating group) is 1. The summed E-state index contributed by atoms with van der Waals surface area (Å²) in [4.78, 5) is 30.0. The Bertz CT molecular complexity index is 1070. The first-order valence-corrected chi connectivity index (χ1v) is 9.54. The van der Waals surface area contributed by atoms with E-state index in [1.165, 1.54) is 12.1 Å². The van der Waals surface area contributed by atoms with E-state index >= 15 is 0 Å². The van der Waals surface area contributed by atoms with Gasteiger partial charge < -0.3 is 10.6 Å². The van der Waals surface area contributed by atoms with Gasteiger partial charge in [-0.2, -0.15) is 0 Å². The molecular weight excluding hydrogens is 371 g/mol. The Hall–Kier alpha value is -3.13. The summed E-state index contributed by atoms with van der Waals surface area (Å²) >= 11 is 0. The maximum absolute atomic E-state index is 13.4. The molecule has 3 aromatic rings. The highest BCUT2D eigenvalue weighted by molar-refractivity contribution is 5.98. The zero-order valence-corrected chi connectivity index (χ0v) is 16.5. The Morgan fingerprint density at radius 2 is 2.14 bits per heavy atom. The van der Waals surface area contributed by atoms with Crippen LogP contribution in [0.25, 0.3) is 10.9 Å². The van der Waals surface area contributed by atoms with Gasteiger partial charge in [-0.3, -0.25) is 14.7 Å². The number of benzene rings is 1. The number of hydrogen-bond acceptors (Lipinski definition) is 6. The van der Waals surface area contributed by atoms with E-state index in [4.69, 9.17) is 5.73 Å². The van der Waals surface area contributed by atoms with Crippen molar-refractivity contribution < 1.29 is 9.18 Å². The molecule has 1 aliphatic rings. The van der Waals surface area contributed by atoms with Gasteiger partial charge in [-0.1, -0.05) is 0 Å². The second-order valence-corrected chi connectivity index (χ2v) is 7.46. The van der Waals surface area contributed by atoms with E-state index in [0.29, 0.717) is 48.1 Å². The molecule has 7 nitrogen and oxygen atoms in total. The first kappa shape index (κ1) is 19.2. The maximum atomic E-state index is 13.4. The van der Waals surface area contributed by atoms with Crippen molar-refractivity contribution in [1.29, 1.82) is 0 Å². The third-order valence-electron chi connectivity index (χ3n) is 5.39. The molecule has 0 aliphatic carbocycles. The van der Waals surface area contributed by atoms with Gasteiger partial charge in [0.1, 0.15) is 17.5 Å². The number of carbonyl (C=O) groups is 1. The molecule has 1 fully saturated rings. The SMILES string of the molecule is Cc1nc2cc(F)ccc2cc1C(=O)N1CC[C@H](N(C)Cc2nccc(N)n2)C1. The zero-order chi connectivity index (χ0) is 20.5. The molecule has 8 heteroatoms. The van der Waals surface area contributed by atoms with Crippen LogP contribution in [0.4, 0.5) is 10.2 Å². The number of nitrogen functional groups attached to an aromatic ring is 1. The van der Waals surface area contributed by atoms with E-state index in [-0.39, 0.29) is 17.8 Å². The molecule has 2 aromatic heterocycles. The Labute approximate surface area is 168 Å². The molecule has 1 saturated heterocycles. The van der Waals surface area contributed by atoms with Crippen LogP contribution >= 0.6 is 0 Å². The Morgan fingerprint density at radius 3 is 2.93 bits per heavy atom. The smallest absolute Gasteiger partial charge is 0.255 e.